The average molecular weight is 377 g/mol. The maximum absolute atomic E-state index is 12.8. The molecule has 1 aromatic heterocycles. The highest BCUT2D eigenvalue weighted by Gasteiger charge is 2.55. The summed E-state index contributed by atoms with van der Waals surface area (Å²) in [5, 5.41) is 10.6. The van der Waals surface area contributed by atoms with Crippen molar-refractivity contribution in [3.63, 3.8) is 0 Å². The van der Waals surface area contributed by atoms with Crippen LogP contribution in [0.2, 0.25) is 0 Å². The molecule has 1 aliphatic carbocycles. The Balaban J connectivity index is 1.63. The molecule has 0 spiro atoms. The van der Waals surface area contributed by atoms with E-state index in [0.29, 0.717) is 25.2 Å². The van der Waals surface area contributed by atoms with Gasteiger partial charge in [-0.05, 0) is 43.0 Å². The van der Waals surface area contributed by atoms with E-state index >= 15 is 0 Å². The number of carboxylic acid groups (broad SMARTS) is 1. The minimum atomic E-state index is -0.754. The fourth-order valence-corrected chi connectivity index (χ4v) is 4.56. The van der Waals surface area contributed by atoms with Gasteiger partial charge in [-0.25, -0.2) is 0 Å². The number of carbonyl (C=O) groups is 2. The molecule has 2 aromatic rings. The highest BCUT2D eigenvalue weighted by molar-refractivity contribution is 9.10. The molecule has 1 saturated heterocycles. The molecule has 0 unspecified atom stereocenters. The zero-order valence-electron chi connectivity index (χ0n) is 12.5. The quantitative estimate of drug-likeness (QED) is 0.844. The van der Waals surface area contributed by atoms with Crippen molar-refractivity contribution in [1.82, 2.24) is 9.88 Å². The van der Waals surface area contributed by atoms with Crippen molar-refractivity contribution in [3.8, 4) is 0 Å². The number of fused-ring (bicyclic) bond motifs is 2. The Hall–Kier alpha value is -1.82. The van der Waals surface area contributed by atoms with Crippen LogP contribution < -0.4 is 0 Å². The summed E-state index contributed by atoms with van der Waals surface area (Å²) in [6.45, 7) is 0.870. The SMILES string of the molecule is O=C(c1cc2cc(Br)ccc2[nH]1)N1C[C@@H]2CCC[C@@]2(C(=O)O)C1. The molecule has 0 radical (unpaired) electrons. The molecule has 2 heterocycles. The monoisotopic (exact) mass is 376 g/mol. The number of rotatable bonds is 2. The Morgan fingerprint density at radius 1 is 1.35 bits per heavy atom. The van der Waals surface area contributed by atoms with Gasteiger partial charge >= 0.3 is 5.97 Å². The van der Waals surface area contributed by atoms with E-state index < -0.39 is 11.4 Å². The fourth-order valence-electron chi connectivity index (χ4n) is 4.18. The molecule has 1 saturated carbocycles. The number of carbonyl (C=O) groups excluding carboxylic acids is 1. The van der Waals surface area contributed by atoms with Gasteiger partial charge in [-0.15, -0.1) is 0 Å². The number of aromatic amines is 1. The normalized spacial score (nSPS) is 26.7. The van der Waals surface area contributed by atoms with Crippen molar-refractivity contribution < 1.29 is 14.7 Å². The predicted molar refractivity (Wildman–Crippen MR) is 89.3 cm³/mol. The second kappa shape index (κ2) is 5.09. The lowest BCUT2D eigenvalue weighted by Gasteiger charge is -2.23. The Kier molecular flexibility index (Phi) is 3.27. The molecule has 4 rings (SSSR count). The lowest BCUT2D eigenvalue weighted by molar-refractivity contribution is -0.149. The number of benzene rings is 1. The maximum atomic E-state index is 12.8. The van der Waals surface area contributed by atoms with Gasteiger partial charge in [-0.3, -0.25) is 9.59 Å². The molecule has 1 aromatic carbocycles. The summed E-state index contributed by atoms with van der Waals surface area (Å²) in [6, 6.07) is 7.64. The molecule has 2 N–H and O–H groups in total. The summed E-state index contributed by atoms with van der Waals surface area (Å²) < 4.78 is 0.962. The highest BCUT2D eigenvalue weighted by atomic mass is 79.9. The van der Waals surface area contributed by atoms with Crippen molar-refractivity contribution in [2.24, 2.45) is 11.3 Å². The van der Waals surface area contributed by atoms with E-state index in [0.717, 1.165) is 28.2 Å². The van der Waals surface area contributed by atoms with Crippen LogP contribution in [0.4, 0.5) is 0 Å². The van der Waals surface area contributed by atoms with Crippen molar-refractivity contribution >= 4 is 38.7 Å². The molecule has 23 heavy (non-hydrogen) atoms. The number of nitrogens with zero attached hydrogens (tertiary/aromatic N) is 1. The van der Waals surface area contributed by atoms with Gasteiger partial charge in [-0.1, -0.05) is 22.4 Å². The molecule has 1 amide bonds. The summed E-state index contributed by atoms with van der Waals surface area (Å²) in [6.07, 6.45) is 2.52. The highest BCUT2D eigenvalue weighted by Crippen LogP contribution is 2.49. The van der Waals surface area contributed by atoms with Crippen LogP contribution in [0.1, 0.15) is 29.8 Å². The van der Waals surface area contributed by atoms with Crippen LogP contribution in [0.25, 0.3) is 10.9 Å². The third kappa shape index (κ3) is 2.19. The van der Waals surface area contributed by atoms with E-state index in [1.165, 1.54) is 0 Å². The number of hydrogen-bond donors (Lipinski definition) is 2. The summed E-state index contributed by atoms with van der Waals surface area (Å²) in [5.74, 6) is -0.773. The molecule has 2 aliphatic rings. The largest absolute Gasteiger partial charge is 0.481 e. The van der Waals surface area contributed by atoms with Gasteiger partial charge in [0.25, 0.3) is 5.91 Å². The Morgan fingerprint density at radius 2 is 2.17 bits per heavy atom. The van der Waals surface area contributed by atoms with Crippen molar-refractivity contribution in [2.45, 2.75) is 19.3 Å². The van der Waals surface area contributed by atoms with Crippen LogP contribution in [0.5, 0.6) is 0 Å². The number of H-pyrrole nitrogens is 1. The van der Waals surface area contributed by atoms with Gasteiger partial charge in [0.05, 0.1) is 5.41 Å². The first-order valence-electron chi connectivity index (χ1n) is 7.80. The van der Waals surface area contributed by atoms with E-state index in [1.54, 1.807) is 4.90 Å². The molecule has 6 heteroatoms. The van der Waals surface area contributed by atoms with Gasteiger partial charge in [0, 0.05) is 28.5 Å². The number of aliphatic carboxylic acids is 1. The molecular weight excluding hydrogens is 360 g/mol. The van der Waals surface area contributed by atoms with Gasteiger partial charge < -0.3 is 15.0 Å². The van der Waals surface area contributed by atoms with Crippen molar-refractivity contribution in [3.05, 3.63) is 34.4 Å². The maximum Gasteiger partial charge on any atom is 0.311 e. The number of aromatic nitrogens is 1. The zero-order chi connectivity index (χ0) is 16.2. The number of halogens is 1. The third-order valence-electron chi connectivity index (χ3n) is 5.40. The summed E-state index contributed by atoms with van der Waals surface area (Å²) >= 11 is 3.43. The van der Waals surface area contributed by atoms with E-state index in [2.05, 4.69) is 20.9 Å². The zero-order valence-corrected chi connectivity index (χ0v) is 14.1. The minimum absolute atomic E-state index is 0.0856. The molecule has 0 bridgehead atoms. The smallest absolute Gasteiger partial charge is 0.311 e. The first-order chi connectivity index (χ1) is 11.0. The van der Waals surface area contributed by atoms with Crippen molar-refractivity contribution in [1.29, 1.82) is 0 Å². The molecule has 2 atom stereocenters. The lowest BCUT2D eigenvalue weighted by Crippen LogP contribution is -2.37. The van der Waals surface area contributed by atoms with Crippen LogP contribution in [0, 0.1) is 11.3 Å². The van der Waals surface area contributed by atoms with Gasteiger partial charge in [0.2, 0.25) is 0 Å². The fraction of sp³-hybridized carbons (Fsp3) is 0.412. The number of carboxylic acids is 1. The van der Waals surface area contributed by atoms with E-state index in [-0.39, 0.29) is 11.8 Å². The van der Waals surface area contributed by atoms with E-state index in [4.69, 9.17) is 0 Å². The number of hydrogen-bond acceptors (Lipinski definition) is 2. The van der Waals surface area contributed by atoms with Gasteiger partial charge in [0.15, 0.2) is 0 Å². The Bertz CT molecular complexity index is 815. The Morgan fingerprint density at radius 3 is 2.91 bits per heavy atom. The second-order valence-electron chi connectivity index (χ2n) is 6.65. The summed E-state index contributed by atoms with van der Waals surface area (Å²) in [5.41, 5.74) is 0.701. The number of amides is 1. The van der Waals surface area contributed by atoms with E-state index in [1.807, 2.05) is 24.3 Å². The van der Waals surface area contributed by atoms with Crippen LogP contribution in [-0.2, 0) is 4.79 Å². The van der Waals surface area contributed by atoms with Gasteiger partial charge in [0.1, 0.15) is 5.69 Å². The third-order valence-corrected chi connectivity index (χ3v) is 5.89. The van der Waals surface area contributed by atoms with Gasteiger partial charge in [-0.2, -0.15) is 0 Å². The summed E-state index contributed by atoms with van der Waals surface area (Å²) in [4.78, 5) is 29.4. The summed E-state index contributed by atoms with van der Waals surface area (Å²) in [7, 11) is 0. The second-order valence-corrected chi connectivity index (χ2v) is 7.57. The molecule has 1 aliphatic heterocycles. The lowest BCUT2D eigenvalue weighted by atomic mass is 9.81. The van der Waals surface area contributed by atoms with Crippen LogP contribution in [0.3, 0.4) is 0 Å². The van der Waals surface area contributed by atoms with E-state index in [9.17, 15) is 14.7 Å². The standard InChI is InChI=1S/C17H17BrN2O3/c18-12-3-4-13-10(6-12)7-14(19-13)15(21)20-8-11-2-1-5-17(11,9-20)16(22)23/h3-4,6-7,11,19H,1-2,5,8-9H2,(H,22,23)/t11-,17+/m0/s1. The predicted octanol–water partition coefficient (Wildman–Crippen LogP) is 3.26. The average Bonchev–Trinajstić information content (AvgIpc) is 3.17. The molecule has 5 nitrogen and oxygen atoms in total. The van der Waals surface area contributed by atoms with Crippen LogP contribution in [-0.4, -0.2) is 40.0 Å². The molecule has 120 valence electrons. The molecular formula is C17H17BrN2O3. The first-order valence-corrected chi connectivity index (χ1v) is 8.60. The minimum Gasteiger partial charge on any atom is -0.481 e. The molecule has 2 fully saturated rings. The van der Waals surface area contributed by atoms with Crippen LogP contribution in [0.15, 0.2) is 28.7 Å². The number of likely N-dealkylation sites (tertiary alicyclic amines) is 1. The number of nitrogens with one attached hydrogen (secondary N) is 1. The van der Waals surface area contributed by atoms with Crippen molar-refractivity contribution in [2.75, 3.05) is 13.1 Å². The Labute approximate surface area is 141 Å². The van der Waals surface area contributed by atoms with Crippen LogP contribution >= 0.6 is 15.9 Å². The topological polar surface area (TPSA) is 73.4 Å². The first kappa shape index (κ1) is 14.8.